The largest absolute Gasteiger partial charge is 0.347 e. The average molecular weight is 496 g/mol. The first-order chi connectivity index (χ1) is 16.0. The monoisotopic (exact) mass is 494 g/mol. The van der Waals surface area contributed by atoms with E-state index in [1.165, 1.54) is 0 Å². The third-order valence-corrected chi connectivity index (χ3v) is 5.84. The Hall–Kier alpha value is -3.30. The zero-order chi connectivity index (χ0) is 23.4. The van der Waals surface area contributed by atoms with Crippen LogP contribution in [0.25, 0.3) is 16.9 Å². The first-order valence-corrected chi connectivity index (χ1v) is 11.1. The number of nitrogens with one attached hydrogen (secondary N) is 1. The smallest absolute Gasteiger partial charge is 0.272 e. The highest BCUT2D eigenvalue weighted by molar-refractivity contribution is 6.32. The molecule has 0 aliphatic rings. The van der Waals surface area contributed by atoms with Crippen LogP contribution in [0, 0.1) is 11.3 Å². The van der Waals surface area contributed by atoms with Gasteiger partial charge in [-0.15, -0.1) is 0 Å². The summed E-state index contributed by atoms with van der Waals surface area (Å²) in [5.74, 6) is -0.392. The maximum absolute atomic E-state index is 13.2. The molecule has 0 saturated carbocycles. The maximum Gasteiger partial charge on any atom is 0.272 e. The first-order valence-electron chi connectivity index (χ1n) is 10.00. The highest BCUT2D eigenvalue weighted by Crippen LogP contribution is 2.33. The minimum atomic E-state index is -0.392. The van der Waals surface area contributed by atoms with Crippen molar-refractivity contribution in [3.63, 3.8) is 0 Å². The molecular weight excluding hydrogens is 479 g/mol. The maximum atomic E-state index is 13.2. The van der Waals surface area contributed by atoms with E-state index >= 15 is 0 Å². The molecule has 164 valence electrons. The van der Waals surface area contributed by atoms with Gasteiger partial charge in [-0.3, -0.25) is 4.79 Å². The highest BCUT2D eigenvalue weighted by atomic mass is 35.5. The van der Waals surface area contributed by atoms with Crippen molar-refractivity contribution in [2.24, 2.45) is 0 Å². The van der Waals surface area contributed by atoms with Gasteiger partial charge in [0.15, 0.2) is 5.69 Å². The summed E-state index contributed by atoms with van der Waals surface area (Å²) in [5.41, 5.74) is 3.52. The summed E-state index contributed by atoms with van der Waals surface area (Å²) >= 11 is 18.5. The normalized spacial score (nSPS) is 10.6. The molecule has 1 amide bonds. The summed E-state index contributed by atoms with van der Waals surface area (Å²) < 4.78 is 1.61. The number of rotatable bonds is 6. The molecule has 1 N–H and O–H groups in total. The van der Waals surface area contributed by atoms with Gasteiger partial charge >= 0.3 is 0 Å². The Labute approximate surface area is 206 Å². The number of halogens is 3. The van der Waals surface area contributed by atoms with Gasteiger partial charge in [0.1, 0.15) is 0 Å². The Morgan fingerprint density at radius 3 is 2.21 bits per heavy atom. The summed E-state index contributed by atoms with van der Waals surface area (Å²) in [4.78, 5) is 13.2. The summed E-state index contributed by atoms with van der Waals surface area (Å²) in [6.45, 7) is 0.289. The van der Waals surface area contributed by atoms with E-state index in [1.54, 1.807) is 41.1 Å². The number of nitriles is 1. The topological polar surface area (TPSA) is 70.7 Å². The predicted molar refractivity (Wildman–Crippen MR) is 131 cm³/mol. The number of hydrogen-bond donors (Lipinski definition) is 1. The number of nitrogens with zero attached hydrogens (tertiary/aromatic N) is 3. The van der Waals surface area contributed by atoms with Crippen molar-refractivity contribution in [2.75, 3.05) is 0 Å². The minimum Gasteiger partial charge on any atom is -0.347 e. The first kappa shape index (κ1) is 22.9. The molecule has 0 fully saturated rings. The van der Waals surface area contributed by atoms with Crippen molar-refractivity contribution in [3.8, 4) is 23.0 Å². The highest BCUT2D eigenvalue weighted by Gasteiger charge is 2.25. The summed E-state index contributed by atoms with van der Waals surface area (Å²) in [6, 6.07) is 23.7. The van der Waals surface area contributed by atoms with Crippen LogP contribution in [0.5, 0.6) is 0 Å². The molecule has 0 radical (unpaired) electrons. The lowest BCUT2D eigenvalue weighted by Crippen LogP contribution is -2.24. The second kappa shape index (κ2) is 10.1. The number of amides is 1. The van der Waals surface area contributed by atoms with Crippen LogP contribution < -0.4 is 5.32 Å². The molecule has 0 aliphatic heterocycles. The number of aromatic nitrogens is 2. The number of para-hydroxylation sites is 1. The van der Waals surface area contributed by atoms with Crippen LogP contribution in [0.4, 0.5) is 0 Å². The van der Waals surface area contributed by atoms with Gasteiger partial charge in [-0.1, -0.05) is 71.2 Å². The molecule has 0 saturated heterocycles. The van der Waals surface area contributed by atoms with Crippen LogP contribution in [-0.4, -0.2) is 15.7 Å². The van der Waals surface area contributed by atoms with Crippen molar-refractivity contribution < 1.29 is 4.79 Å². The molecule has 33 heavy (non-hydrogen) atoms. The van der Waals surface area contributed by atoms with Gasteiger partial charge in [-0.2, -0.15) is 10.4 Å². The molecule has 0 atom stereocenters. The molecule has 0 bridgehead atoms. The van der Waals surface area contributed by atoms with E-state index in [9.17, 15) is 10.1 Å². The number of carbonyl (C=O) groups is 1. The van der Waals surface area contributed by atoms with Crippen molar-refractivity contribution >= 4 is 40.7 Å². The van der Waals surface area contributed by atoms with E-state index in [0.29, 0.717) is 32.0 Å². The molecule has 3 aromatic carbocycles. The quantitative estimate of drug-likeness (QED) is 0.332. The van der Waals surface area contributed by atoms with Gasteiger partial charge in [0.2, 0.25) is 0 Å². The predicted octanol–water partition coefficient (Wildman–Crippen LogP) is 6.50. The minimum absolute atomic E-state index is 0.00783. The second-order valence-corrected chi connectivity index (χ2v) is 8.47. The fourth-order valence-corrected chi connectivity index (χ4v) is 3.92. The number of hydrogen-bond acceptors (Lipinski definition) is 3. The Kier molecular flexibility index (Phi) is 7.00. The van der Waals surface area contributed by atoms with Gasteiger partial charge in [0.05, 0.1) is 28.9 Å². The van der Waals surface area contributed by atoms with E-state index < -0.39 is 5.91 Å². The van der Waals surface area contributed by atoms with Crippen molar-refractivity contribution in [2.45, 2.75) is 13.0 Å². The van der Waals surface area contributed by atoms with Gasteiger partial charge in [-0.05, 0) is 42.0 Å². The Morgan fingerprint density at radius 1 is 0.939 bits per heavy atom. The van der Waals surface area contributed by atoms with E-state index in [1.807, 2.05) is 36.4 Å². The lowest BCUT2D eigenvalue weighted by Gasteiger charge is -2.10. The van der Waals surface area contributed by atoms with E-state index in [-0.39, 0.29) is 18.7 Å². The Morgan fingerprint density at radius 2 is 1.58 bits per heavy atom. The standard InChI is InChI=1S/C25H17Cl3N4O/c26-18-9-5-16(6-10-18)15-30-25(33)23-20(13-14-29)24(17-7-11-19(27)12-8-17)32(31-23)22-4-2-1-3-21(22)28/h1-12H,13,15H2,(H,30,33). The zero-order valence-electron chi connectivity index (χ0n) is 17.2. The number of carbonyl (C=O) groups excluding carboxylic acids is 1. The molecular formula is C25H17Cl3N4O. The van der Waals surface area contributed by atoms with Crippen LogP contribution >= 0.6 is 34.8 Å². The van der Waals surface area contributed by atoms with E-state index in [4.69, 9.17) is 34.8 Å². The summed E-state index contributed by atoms with van der Waals surface area (Å²) in [5, 5.41) is 18.7. The molecule has 1 heterocycles. The molecule has 1 aromatic heterocycles. The summed E-state index contributed by atoms with van der Waals surface area (Å²) in [7, 11) is 0. The molecule has 8 heteroatoms. The Bertz CT molecular complexity index is 1340. The summed E-state index contributed by atoms with van der Waals surface area (Å²) in [6.07, 6.45) is -0.00783. The van der Waals surface area contributed by atoms with Crippen molar-refractivity contribution in [3.05, 3.63) is 105 Å². The molecule has 4 aromatic rings. The zero-order valence-corrected chi connectivity index (χ0v) is 19.5. The van der Waals surface area contributed by atoms with Crippen LogP contribution in [-0.2, 0) is 13.0 Å². The van der Waals surface area contributed by atoms with Gasteiger partial charge in [-0.25, -0.2) is 4.68 Å². The average Bonchev–Trinajstić information content (AvgIpc) is 3.18. The van der Waals surface area contributed by atoms with Crippen LogP contribution in [0.2, 0.25) is 15.1 Å². The Balaban J connectivity index is 1.81. The molecule has 0 spiro atoms. The van der Waals surface area contributed by atoms with Crippen LogP contribution in [0.15, 0.2) is 72.8 Å². The van der Waals surface area contributed by atoms with E-state index in [2.05, 4.69) is 16.5 Å². The number of benzene rings is 3. The van der Waals surface area contributed by atoms with Crippen molar-refractivity contribution in [1.82, 2.24) is 15.1 Å². The molecule has 4 rings (SSSR count). The molecule has 5 nitrogen and oxygen atoms in total. The van der Waals surface area contributed by atoms with E-state index in [0.717, 1.165) is 11.1 Å². The second-order valence-electron chi connectivity index (χ2n) is 7.19. The fourth-order valence-electron chi connectivity index (χ4n) is 3.45. The molecule has 0 aliphatic carbocycles. The van der Waals surface area contributed by atoms with Gasteiger partial charge < -0.3 is 5.32 Å². The lowest BCUT2D eigenvalue weighted by atomic mass is 10.0. The van der Waals surface area contributed by atoms with Gasteiger partial charge in [0.25, 0.3) is 5.91 Å². The molecule has 0 unspecified atom stereocenters. The lowest BCUT2D eigenvalue weighted by molar-refractivity contribution is 0.0944. The van der Waals surface area contributed by atoms with Crippen LogP contribution in [0.1, 0.15) is 21.6 Å². The van der Waals surface area contributed by atoms with Gasteiger partial charge in [0, 0.05) is 27.7 Å². The SMILES string of the molecule is N#CCc1c(C(=O)NCc2ccc(Cl)cc2)nn(-c2ccccc2Cl)c1-c1ccc(Cl)cc1. The third-order valence-electron chi connectivity index (χ3n) is 5.02. The van der Waals surface area contributed by atoms with Crippen molar-refractivity contribution in [1.29, 1.82) is 5.26 Å². The third kappa shape index (κ3) is 5.04. The fraction of sp³-hybridized carbons (Fsp3) is 0.0800. The van der Waals surface area contributed by atoms with Crippen LogP contribution in [0.3, 0.4) is 0 Å².